The third-order valence-electron chi connectivity index (χ3n) is 5.20. The van der Waals surface area contributed by atoms with Crippen molar-refractivity contribution in [3.63, 3.8) is 0 Å². The van der Waals surface area contributed by atoms with Crippen molar-refractivity contribution in [3.8, 4) is 0 Å². The van der Waals surface area contributed by atoms with Gasteiger partial charge in [0.2, 0.25) is 0 Å². The van der Waals surface area contributed by atoms with E-state index < -0.39 is 29.5 Å². The van der Waals surface area contributed by atoms with Gasteiger partial charge in [0, 0.05) is 30.2 Å². The van der Waals surface area contributed by atoms with Crippen LogP contribution in [0.2, 0.25) is 10.0 Å². The number of rotatable bonds is 4. The van der Waals surface area contributed by atoms with E-state index in [0.717, 1.165) is 23.0 Å². The van der Waals surface area contributed by atoms with Gasteiger partial charge in [-0.15, -0.1) is 0 Å². The van der Waals surface area contributed by atoms with Crippen LogP contribution in [0.3, 0.4) is 0 Å². The fourth-order valence-electron chi connectivity index (χ4n) is 3.36. The number of amides is 2. The Morgan fingerprint density at radius 3 is 2.00 bits per heavy atom. The van der Waals surface area contributed by atoms with Crippen molar-refractivity contribution in [2.24, 2.45) is 5.73 Å². The number of aromatic amines is 1. The molecule has 202 valence electrons. The fraction of sp³-hybridized carbons (Fsp3) is 0.160. The molecule has 1 aromatic heterocycles. The fourth-order valence-corrected chi connectivity index (χ4v) is 3.81. The van der Waals surface area contributed by atoms with E-state index in [1.54, 1.807) is 18.3 Å². The van der Waals surface area contributed by atoms with Gasteiger partial charge in [0.25, 0.3) is 0 Å². The summed E-state index contributed by atoms with van der Waals surface area (Å²) in [6.07, 6.45) is -7.21. The number of H-pyrrole nitrogens is 1. The zero-order valence-corrected chi connectivity index (χ0v) is 20.8. The van der Waals surface area contributed by atoms with E-state index in [-0.39, 0.29) is 23.1 Å². The summed E-state index contributed by atoms with van der Waals surface area (Å²) >= 11 is 10.9. The van der Waals surface area contributed by atoms with Gasteiger partial charge in [-0.05, 0) is 53.6 Å². The number of nitrogens with one attached hydrogen (secondary N) is 3. The molecule has 0 aliphatic carbocycles. The molecule has 0 fully saturated rings. The Bertz CT molecular complexity index is 1420. The molecule has 2 amide bonds. The molecule has 1 heterocycles. The molecule has 3 aromatic carbocycles. The first-order valence-corrected chi connectivity index (χ1v) is 11.6. The van der Waals surface area contributed by atoms with Crippen LogP contribution in [0.4, 0.5) is 36.8 Å². The summed E-state index contributed by atoms with van der Waals surface area (Å²) in [4.78, 5) is 15.0. The molecule has 0 unspecified atom stereocenters. The number of hydrogen-bond acceptors (Lipinski definition) is 2. The van der Waals surface area contributed by atoms with Gasteiger partial charge in [-0.3, -0.25) is 0 Å². The summed E-state index contributed by atoms with van der Waals surface area (Å²) in [5.74, 6) is 0. The second-order valence-corrected chi connectivity index (χ2v) is 8.69. The average molecular weight is 577 g/mol. The van der Waals surface area contributed by atoms with E-state index in [9.17, 15) is 31.1 Å². The molecule has 0 saturated heterocycles. The van der Waals surface area contributed by atoms with Crippen LogP contribution in [0.1, 0.15) is 22.3 Å². The summed E-state index contributed by atoms with van der Waals surface area (Å²) in [5.41, 5.74) is 5.62. The molecule has 0 spiro atoms. The Hall–Kier alpha value is -3.41. The van der Waals surface area contributed by atoms with Crippen molar-refractivity contribution in [1.29, 1.82) is 0 Å². The van der Waals surface area contributed by atoms with Crippen LogP contribution < -0.4 is 16.4 Å². The molecule has 0 bridgehead atoms. The molecule has 13 heteroatoms. The number of halogens is 8. The predicted octanol–water partition coefficient (Wildman–Crippen LogP) is 7.98. The molecular formula is C25H20Cl2F6N4O. The van der Waals surface area contributed by atoms with Crippen LogP contribution in [-0.4, -0.2) is 11.0 Å². The minimum Gasteiger partial charge on any atom is -0.361 e. The molecule has 0 aliphatic heterocycles. The molecule has 0 saturated carbocycles. The molecule has 5 nitrogen and oxygen atoms in total. The van der Waals surface area contributed by atoms with E-state index >= 15 is 0 Å². The van der Waals surface area contributed by atoms with Gasteiger partial charge in [0.05, 0.1) is 26.9 Å². The van der Waals surface area contributed by atoms with Crippen molar-refractivity contribution in [3.05, 3.63) is 99.2 Å². The van der Waals surface area contributed by atoms with E-state index in [2.05, 4.69) is 15.6 Å². The normalized spacial score (nSPS) is 11.6. The Morgan fingerprint density at radius 1 is 0.842 bits per heavy atom. The smallest absolute Gasteiger partial charge is 0.361 e. The third-order valence-corrected chi connectivity index (χ3v) is 5.86. The lowest BCUT2D eigenvalue weighted by Crippen LogP contribution is -2.28. The number of anilines is 1. The minimum absolute atomic E-state index is 0.0603. The van der Waals surface area contributed by atoms with Crippen LogP contribution in [0, 0.1) is 0 Å². The first kappa shape index (κ1) is 29.2. The lowest BCUT2D eigenvalue weighted by atomic mass is 10.1. The molecule has 4 aromatic rings. The van der Waals surface area contributed by atoms with Crippen molar-refractivity contribution in [2.45, 2.75) is 25.4 Å². The molecule has 0 aliphatic rings. The molecular weight excluding hydrogens is 557 g/mol. The summed E-state index contributed by atoms with van der Waals surface area (Å²) in [6.45, 7) is 0.00937. The highest BCUT2D eigenvalue weighted by molar-refractivity contribution is 6.31. The lowest BCUT2D eigenvalue weighted by molar-refractivity contribution is -0.138. The van der Waals surface area contributed by atoms with Crippen LogP contribution >= 0.6 is 23.2 Å². The van der Waals surface area contributed by atoms with E-state index in [4.69, 9.17) is 28.9 Å². The molecule has 4 rings (SSSR count). The van der Waals surface area contributed by atoms with Crippen LogP contribution in [0.25, 0.3) is 10.9 Å². The minimum atomic E-state index is -4.54. The highest BCUT2D eigenvalue weighted by atomic mass is 35.5. The van der Waals surface area contributed by atoms with Crippen molar-refractivity contribution in [1.82, 2.24) is 10.3 Å². The van der Waals surface area contributed by atoms with E-state index in [0.29, 0.717) is 16.8 Å². The summed E-state index contributed by atoms with van der Waals surface area (Å²) in [5, 5.41) is 5.37. The maximum atomic E-state index is 12.8. The van der Waals surface area contributed by atoms with Crippen molar-refractivity contribution < 1.29 is 31.1 Å². The number of carbonyl (C=O) groups is 1. The molecule has 5 N–H and O–H groups in total. The first-order chi connectivity index (χ1) is 17.8. The van der Waals surface area contributed by atoms with Gasteiger partial charge in [-0.25, -0.2) is 4.79 Å². The average Bonchev–Trinajstić information content (AvgIpc) is 3.33. The Balaban J connectivity index is 0.000000260. The lowest BCUT2D eigenvalue weighted by Gasteiger charge is -2.12. The maximum Gasteiger partial charge on any atom is 0.417 e. The number of urea groups is 1. The SMILES string of the molecule is NCc1ccc(Cl)c(C(F)(F)F)c1.O=C(NCc1ccc(Cl)c(C(F)(F)F)c1)Nc1cccc2[nH]ccc12. The monoisotopic (exact) mass is 576 g/mol. The highest BCUT2D eigenvalue weighted by Crippen LogP contribution is 2.36. The van der Waals surface area contributed by atoms with Gasteiger partial charge in [-0.2, -0.15) is 26.3 Å². The van der Waals surface area contributed by atoms with Crippen LogP contribution in [-0.2, 0) is 25.4 Å². The number of hydrogen-bond donors (Lipinski definition) is 4. The van der Waals surface area contributed by atoms with Crippen molar-refractivity contribution >= 4 is 45.8 Å². The van der Waals surface area contributed by atoms with Gasteiger partial charge in [0.1, 0.15) is 0 Å². The topological polar surface area (TPSA) is 82.9 Å². The number of carbonyl (C=O) groups excluding carboxylic acids is 1. The summed E-state index contributed by atoms with van der Waals surface area (Å²) in [6, 6.07) is 13.8. The number of fused-ring (bicyclic) bond motifs is 1. The number of aromatic nitrogens is 1. The predicted molar refractivity (Wildman–Crippen MR) is 135 cm³/mol. The maximum absolute atomic E-state index is 12.8. The second kappa shape index (κ2) is 12.0. The van der Waals surface area contributed by atoms with Gasteiger partial charge < -0.3 is 21.4 Å². The standard InChI is InChI=1S/C17H13ClF3N3O.C8H7ClF3N/c18-13-5-4-10(8-12(13)17(19,20)21)9-23-16(25)24-15-3-1-2-14-11(15)6-7-22-14;9-7-2-1-5(4-13)3-6(7)8(10,11)12/h1-8,22H,9H2,(H2,23,24,25);1-3H,4,13H2. The Labute approximate surface area is 222 Å². The van der Waals surface area contributed by atoms with Gasteiger partial charge in [-0.1, -0.05) is 41.4 Å². The zero-order valence-electron chi connectivity index (χ0n) is 19.3. The molecule has 0 atom stereocenters. The van der Waals surface area contributed by atoms with Crippen LogP contribution in [0.15, 0.2) is 66.9 Å². The molecule has 38 heavy (non-hydrogen) atoms. The largest absolute Gasteiger partial charge is 0.417 e. The van der Waals surface area contributed by atoms with E-state index in [1.807, 2.05) is 12.1 Å². The van der Waals surface area contributed by atoms with E-state index in [1.165, 1.54) is 24.3 Å². The first-order valence-electron chi connectivity index (χ1n) is 10.8. The second-order valence-electron chi connectivity index (χ2n) is 7.88. The quantitative estimate of drug-likeness (QED) is 0.186. The summed E-state index contributed by atoms with van der Waals surface area (Å²) < 4.78 is 75.3. The number of alkyl halides is 6. The number of benzene rings is 3. The van der Waals surface area contributed by atoms with Gasteiger partial charge in [0.15, 0.2) is 0 Å². The molecule has 0 radical (unpaired) electrons. The van der Waals surface area contributed by atoms with Gasteiger partial charge >= 0.3 is 18.4 Å². The third kappa shape index (κ3) is 7.56. The Morgan fingerprint density at radius 2 is 1.42 bits per heavy atom. The highest BCUT2D eigenvalue weighted by Gasteiger charge is 2.34. The summed E-state index contributed by atoms with van der Waals surface area (Å²) in [7, 11) is 0. The Kier molecular flexibility index (Phi) is 9.18. The van der Waals surface area contributed by atoms with Crippen LogP contribution in [0.5, 0.6) is 0 Å². The zero-order chi connectivity index (χ0) is 28.1. The van der Waals surface area contributed by atoms with Crippen molar-refractivity contribution in [2.75, 3.05) is 5.32 Å². The number of nitrogens with two attached hydrogens (primary N) is 1.